The predicted molar refractivity (Wildman–Crippen MR) is 68.4 cm³/mol. The molecule has 6 heteroatoms. The Hall–Kier alpha value is -1.66. The zero-order valence-electron chi connectivity index (χ0n) is 9.86. The lowest BCUT2D eigenvalue weighted by atomic mass is 10.1. The van der Waals surface area contributed by atoms with Crippen molar-refractivity contribution in [2.24, 2.45) is 5.14 Å². The summed E-state index contributed by atoms with van der Waals surface area (Å²) in [5.74, 6) is 0. The Bertz CT molecular complexity index is 606. The summed E-state index contributed by atoms with van der Waals surface area (Å²) in [6.07, 6.45) is 6.85. The normalized spacial score (nSPS) is 11.6. The van der Waals surface area contributed by atoms with E-state index in [2.05, 4.69) is 4.98 Å². The molecule has 1 aromatic carbocycles. The molecule has 18 heavy (non-hydrogen) atoms. The summed E-state index contributed by atoms with van der Waals surface area (Å²) in [4.78, 5) is 4.17. The molecule has 0 fully saturated rings. The molecule has 0 radical (unpaired) electrons. The summed E-state index contributed by atoms with van der Waals surface area (Å²) in [7, 11) is -3.64. The van der Waals surface area contributed by atoms with Crippen molar-refractivity contribution in [3.63, 3.8) is 0 Å². The number of rotatable bonds is 5. The van der Waals surface area contributed by atoms with E-state index in [4.69, 9.17) is 5.14 Å². The maximum Gasteiger partial charge on any atom is 0.238 e. The van der Waals surface area contributed by atoms with Crippen molar-refractivity contribution < 1.29 is 8.42 Å². The van der Waals surface area contributed by atoms with Crippen LogP contribution in [0.2, 0.25) is 0 Å². The van der Waals surface area contributed by atoms with Gasteiger partial charge in [0.25, 0.3) is 0 Å². The van der Waals surface area contributed by atoms with Gasteiger partial charge in [0, 0.05) is 18.9 Å². The molecule has 0 aliphatic rings. The molecule has 0 unspecified atom stereocenters. The number of aromatic nitrogens is 2. The van der Waals surface area contributed by atoms with Crippen molar-refractivity contribution in [1.82, 2.24) is 9.55 Å². The topological polar surface area (TPSA) is 78.0 Å². The SMILES string of the molecule is NS(=O)(=O)c1ccccc1CCCn1ccnc1. The fourth-order valence-electron chi connectivity index (χ4n) is 1.86. The molecular weight excluding hydrogens is 250 g/mol. The lowest BCUT2D eigenvalue weighted by Crippen LogP contribution is -2.14. The smallest absolute Gasteiger partial charge is 0.238 e. The number of imidazole rings is 1. The number of nitrogens with zero attached hydrogens (tertiary/aromatic N) is 2. The number of aryl methyl sites for hydroxylation is 2. The molecule has 0 aliphatic carbocycles. The Morgan fingerprint density at radius 1 is 1.28 bits per heavy atom. The van der Waals surface area contributed by atoms with E-state index in [1.807, 2.05) is 16.8 Å². The molecule has 0 atom stereocenters. The highest BCUT2D eigenvalue weighted by molar-refractivity contribution is 7.89. The van der Waals surface area contributed by atoms with E-state index in [0.717, 1.165) is 18.5 Å². The Morgan fingerprint density at radius 3 is 2.72 bits per heavy atom. The van der Waals surface area contributed by atoms with E-state index in [0.29, 0.717) is 6.42 Å². The second-order valence-corrected chi connectivity index (χ2v) is 5.59. The molecule has 0 saturated heterocycles. The van der Waals surface area contributed by atoms with Crippen molar-refractivity contribution in [2.45, 2.75) is 24.3 Å². The van der Waals surface area contributed by atoms with E-state index in [-0.39, 0.29) is 4.90 Å². The van der Waals surface area contributed by atoms with Crippen LogP contribution in [0.5, 0.6) is 0 Å². The van der Waals surface area contributed by atoms with E-state index in [1.54, 1.807) is 30.7 Å². The summed E-state index contributed by atoms with van der Waals surface area (Å²) in [5, 5.41) is 5.18. The third-order valence-electron chi connectivity index (χ3n) is 2.70. The lowest BCUT2D eigenvalue weighted by molar-refractivity contribution is 0.594. The van der Waals surface area contributed by atoms with Crippen LogP contribution in [0, 0.1) is 0 Å². The van der Waals surface area contributed by atoms with E-state index in [9.17, 15) is 8.42 Å². The van der Waals surface area contributed by atoms with Gasteiger partial charge in [-0.05, 0) is 24.5 Å². The van der Waals surface area contributed by atoms with Crippen LogP contribution in [0.4, 0.5) is 0 Å². The third kappa shape index (κ3) is 3.18. The fraction of sp³-hybridized carbons (Fsp3) is 0.250. The monoisotopic (exact) mass is 265 g/mol. The largest absolute Gasteiger partial charge is 0.337 e. The van der Waals surface area contributed by atoms with Gasteiger partial charge >= 0.3 is 0 Å². The number of hydrogen-bond donors (Lipinski definition) is 1. The summed E-state index contributed by atoms with van der Waals surface area (Å²) >= 11 is 0. The number of primary sulfonamides is 1. The molecule has 2 rings (SSSR count). The van der Waals surface area contributed by atoms with Crippen LogP contribution in [0.1, 0.15) is 12.0 Å². The molecule has 0 bridgehead atoms. The number of benzene rings is 1. The van der Waals surface area contributed by atoms with E-state index < -0.39 is 10.0 Å². The fourth-order valence-corrected chi connectivity index (χ4v) is 2.66. The minimum Gasteiger partial charge on any atom is -0.337 e. The second-order valence-electron chi connectivity index (χ2n) is 4.06. The Balaban J connectivity index is 2.06. The molecule has 1 aromatic heterocycles. The van der Waals surface area contributed by atoms with Gasteiger partial charge in [-0.3, -0.25) is 0 Å². The van der Waals surface area contributed by atoms with Crippen LogP contribution >= 0.6 is 0 Å². The minimum absolute atomic E-state index is 0.218. The molecular formula is C12H15N3O2S. The average molecular weight is 265 g/mol. The quantitative estimate of drug-likeness (QED) is 0.881. The Kier molecular flexibility index (Phi) is 3.78. The molecule has 0 spiro atoms. The molecule has 5 nitrogen and oxygen atoms in total. The molecule has 96 valence electrons. The van der Waals surface area contributed by atoms with Crippen LogP contribution in [-0.2, 0) is 23.0 Å². The standard InChI is InChI=1S/C12H15N3O2S/c13-18(16,17)12-6-2-1-4-11(12)5-3-8-15-9-7-14-10-15/h1-2,4,6-7,9-10H,3,5,8H2,(H2,13,16,17). The van der Waals surface area contributed by atoms with Crippen molar-refractivity contribution in [2.75, 3.05) is 0 Å². The first-order valence-electron chi connectivity index (χ1n) is 5.64. The predicted octanol–water partition coefficient (Wildman–Crippen LogP) is 1.16. The Labute approximate surface area is 106 Å². The van der Waals surface area contributed by atoms with Crippen molar-refractivity contribution in [3.8, 4) is 0 Å². The highest BCUT2D eigenvalue weighted by atomic mass is 32.2. The highest BCUT2D eigenvalue weighted by Crippen LogP contribution is 2.15. The first-order valence-corrected chi connectivity index (χ1v) is 7.18. The van der Waals surface area contributed by atoms with Gasteiger partial charge in [-0.1, -0.05) is 18.2 Å². The number of sulfonamides is 1. The third-order valence-corrected chi connectivity index (χ3v) is 3.71. The van der Waals surface area contributed by atoms with Crippen LogP contribution in [0.3, 0.4) is 0 Å². The van der Waals surface area contributed by atoms with Gasteiger partial charge in [0.05, 0.1) is 11.2 Å². The zero-order valence-corrected chi connectivity index (χ0v) is 10.7. The maximum absolute atomic E-state index is 11.4. The Morgan fingerprint density at radius 2 is 2.06 bits per heavy atom. The van der Waals surface area contributed by atoms with Crippen molar-refractivity contribution in [1.29, 1.82) is 0 Å². The summed E-state index contributed by atoms with van der Waals surface area (Å²) < 4.78 is 24.8. The summed E-state index contributed by atoms with van der Waals surface area (Å²) in [6.45, 7) is 0.805. The molecule has 1 heterocycles. The van der Waals surface area contributed by atoms with Gasteiger partial charge in [0.1, 0.15) is 0 Å². The molecule has 2 N–H and O–H groups in total. The average Bonchev–Trinajstić information content (AvgIpc) is 2.81. The van der Waals surface area contributed by atoms with Crippen LogP contribution in [0.15, 0.2) is 47.9 Å². The van der Waals surface area contributed by atoms with Gasteiger partial charge in [-0.25, -0.2) is 18.5 Å². The van der Waals surface area contributed by atoms with Gasteiger partial charge in [-0.2, -0.15) is 0 Å². The lowest BCUT2D eigenvalue weighted by Gasteiger charge is -2.07. The molecule has 0 amide bonds. The first kappa shape index (κ1) is 12.8. The van der Waals surface area contributed by atoms with Crippen LogP contribution < -0.4 is 5.14 Å². The van der Waals surface area contributed by atoms with Crippen molar-refractivity contribution >= 4 is 10.0 Å². The van der Waals surface area contributed by atoms with Crippen molar-refractivity contribution in [3.05, 3.63) is 48.5 Å². The highest BCUT2D eigenvalue weighted by Gasteiger charge is 2.12. The molecule has 2 aromatic rings. The van der Waals surface area contributed by atoms with Gasteiger partial charge < -0.3 is 4.57 Å². The number of hydrogen-bond acceptors (Lipinski definition) is 3. The minimum atomic E-state index is -3.64. The zero-order chi connectivity index (χ0) is 13.0. The number of nitrogens with two attached hydrogens (primary N) is 1. The van der Waals surface area contributed by atoms with Gasteiger partial charge in [0.2, 0.25) is 10.0 Å². The molecule has 0 saturated carbocycles. The maximum atomic E-state index is 11.4. The summed E-state index contributed by atoms with van der Waals surface area (Å²) in [5.41, 5.74) is 0.764. The first-order chi connectivity index (χ1) is 8.57. The van der Waals surface area contributed by atoms with Crippen LogP contribution in [-0.4, -0.2) is 18.0 Å². The molecule has 0 aliphatic heterocycles. The van der Waals surface area contributed by atoms with Gasteiger partial charge in [0.15, 0.2) is 0 Å². The van der Waals surface area contributed by atoms with Gasteiger partial charge in [-0.15, -0.1) is 0 Å². The van der Waals surface area contributed by atoms with Crippen LogP contribution in [0.25, 0.3) is 0 Å². The second kappa shape index (κ2) is 5.32. The summed E-state index contributed by atoms with van der Waals surface area (Å²) in [6, 6.07) is 6.84. The van der Waals surface area contributed by atoms with E-state index >= 15 is 0 Å². The van der Waals surface area contributed by atoms with E-state index in [1.165, 1.54) is 0 Å².